The van der Waals surface area contributed by atoms with E-state index < -0.39 is 57.1 Å². The minimum atomic E-state index is -8.92. The third kappa shape index (κ3) is 8.09. The number of hydrogen-bond donors (Lipinski definition) is 0. The summed E-state index contributed by atoms with van der Waals surface area (Å²) in [5.74, 6) is -52.1. The Bertz CT molecular complexity index is 1410. The Labute approximate surface area is 271 Å². The van der Waals surface area contributed by atoms with Gasteiger partial charge in [0.05, 0.1) is 0 Å². The maximum absolute atomic E-state index is 13.0. The molecule has 0 spiro atoms. The van der Waals surface area contributed by atoms with E-state index in [2.05, 4.69) is 62.4 Å². The number of hydrogen-bond acceptors (Lipinski definition) is 3. The number of aryl methyl sites for hydroxylation is 2. The van der Waals surface area contributed by atoms with Crippen LogP contribution in [0.3, 0.4) is 0 Å². The Kier molecular flexibility index (Phi) is 13.4. The molecule has 3 nitrogen and oxygen atoms in total. The van der Waals surface area contributed by atoms with Crippen molar-refractivity contribution >= 4 is 10.1 Å². The second-order valence-corrected chi connectivity index (χ2v) is 14.2. The van der Waals surface area contributed by atoms with Crippen molar-refractivity contribution in [3.8, 4) is 0 Å². The van der Waals surface area contributed by atoms with E-state index in [1.807, 2.05) is 0 Å². The maximum Gasteiger partial charge on any atom is 0.460 e. The van der Waals surface area contributed by atoms with Crippen LogP contribution in [0.1, 0.15) is 37.8 Å². The van der Waals surface area contributed by atoms with Gasteiger partial charge in [0.25, 0.3) is 0 Å². The first-order valence-corrected chi connectivity index (χ1v) is 16.4. The van der Waals surface area contributed by atoms with Crippen molar-refractivity contribution in [2.24, 2.45) is 0 Å². The second-order valence-electron chi connectivity index (χ2n) is 9.76. The smallest absolute Gasteiger partial charge is 0.460 e. The summed E-state index contributed by atoms with van der Waals surface area (Å²) in [7, 11) is -8.14. The predicted molar refractivity (Wildman–Crippen MR) is 129 cm³/mol. The number of benzene rings is 2. The summed E-state index contributed by atoms with van der Waals surface area (Å²) in [5, 5.41) is -7.95. The van der Waals surface area contributed by atoms with E-state index in [9.17, 15) is 87.6 Å². The first-order chi connectivity index (χ1) is 21.3. The molecule has 0 amide bonds. The molecule has 0 unspecified atom stereocenters. The molecule has 0 radical (unpaired) electrons. The quantitative estimate of drug-likeness (QED) is 0.137. The first kappa shape index (κ1) is 43.9. The molecule has 22 heteroatoms. The molecule has 0 heterocycles. The Balaban J connectivity index is 0.000000519. The molecule has 0 aromatic heterocycles. The van der Waals surface area contributed by atoms with Crippen LogP contribution in [0.2, 0.25) is 0 Å². The van der Waals surface area contributed by atoms with Gasteiger partial charge in [-0.3, -0.25) is 0 Å². The lowest BCUT2D eigenvalue weighted by molar-refractivity contribution is -0.597. The largest absolute Gasteiger partial charge is 0.743 e. The zero-order chi connectivity index (χ0) is 38.0. The summed E-state index contributed by atoms with van der Waals surface area (Å²) in [6.45, 7) is 4.47. The van der Waals surface area contributed by atoms with E-state index >= 15 is 0 Å². The van der Waals surface area contributed by atoms with E-state index in [4.69, 9.17) is 0 Å². The molecular formula is C26H22F17IO3S. The lowest BCUT2D eigenvalue weighted by Gasteiger charge is -2.42. The van der Waals surface area contributed by atoms with Crippen LogP contribution < -0.4 is 21.2 Å². The highest BCUT2D eigenvalue weighted by Gasteiger charge is 2.95. The molecule has 0 aliphatic carbocycles. The average molecular weight is 864 g/mol. The van der Waals surface area contributed by atoms with Gasteiger partial charge in [-0.15, -0.1) is 0 Å². The van der Waals surface area contributed by atoms with Crippen LogP contribution in [-0.4, -0.2) is 59.9 Å². The molecule has 0 aliphatic heterocycles. The maximum atomic E-state index is 13.0. The van der Waals surface area contributed by atoms with Gasteiger partial charge >= 0.3 is 68.2 Å². The number of alkyl halides is 17. The standard InChI is InChI=1S/C18H22I.C8HF17O3S/c1-3-5-15-7-11-17(12-8-15)19-18-13-9-16(6-4-2)10-14-18;9-1(10,3(13,14)5(17,18)7(21,22)23)2(11,12)4(15,16)6(19,20)8(24,25)29(26,27)28/h7-14H,3-6H2,1-2H3;(H,26,27,28)/q+1;/p-1. The minimum Gasteiger partial charge on any atom is -0.743 e. The average Bonchev–Trinajstić information content (AvgIpc) is 2.94. The molecule has 0 saturated heterocycles. The lowest BCUT2D eigenvalue weighted by Crippen LogP contribution is -3.61. The monoisotopic (exact) mass is 864 g/mol. The summed E-state index contributed by atoms with van der Waals surface area (Å²) in [4.78, 5) is 0. The van der Waals surface area contributed by atoms with Crippen LogP contribution in [0.4, 0.5) is 74.6 Å². The summed E-state index contributed by atoms with van der Waals surface area (Å²) in [6.07, 6.45) is -3.04. The summed E-state index contributed by atoms with van der Waals surface area (Å²) in [5.41, 5.74) is 2.93. The van der Waals surface area contributed by atoms with Gasteiger partial charge in [0.15, 0.2) is 17.3 Å². The molecule has 0 fully saturated rings. The van der Waals surface area contributed by atoms with Gasteiger partial charge in [-0.25, -0.2) is 8.42 Å². The normalized spacial score (nSPS) is 14.4. The minimum absolute atomic E-state index is 0.0164. The summed E-state index contributed by atoms with van der Waals surface area (Å²) in [6, 6.07) is 18.5. The van der Waals surface area contributed by atoms with Gasteiger partial charge in [0.1, 0.15) is 0 Å². The number of halogens is 18. The van der Waals surface area contributed by atoms with Gasteiger partial charge in [-0.1, -0.05) is 51.0 Å². The van der Waals surface area contributed by atoms with E-state index in [-0.39, 0.29) is 21.2 Å². The molecule has 0 aliphatic rings. The van der Waals surface area contributed by atoms with Gasteiger partial charge in [0.2, 0.25) is 0 Å². The molecular weight excluding hydrogens is 842 g/mol. The zero-order valence-electron chi connectivity index (χ0n) is 23.9. The van der Waals surface area contributed by atoms with Crippen LogP contribution in [0.15, 0.2) is 48.5 Å². The van der Waals surface area contributed by atoms with Crippen molar-refractivity contribution in [1.29, 1.82) is 0 Å². The highest BCUT2D eigenvalue weighted by Crippen LogP contribution is 2.64. The van der Waals surface area contributed by atoms with E-state index in [0.29, 0.717) is 0 Å². The second kappa shape index (κ2) is 14.6. The van der Waals surface area contributed by atoms with E-state index in [1.165, 1.54) is 44.0 Å². The zero-order valence-corrected chi connectivity index (χ0v) is 26.9. The van der Waals surface area contributed by atoms with Crippen molar-refractivity contribution in [1.82, 2.24) is 0 Å². The molecule has 2 rings (SSSR count). The topological polar surface area (TPSA) is 57.2 Å². The van der Waals surface area contributed by atoms with Crippen LogP contribution >= 0.6 is 0 Å². The third-order valence-corrected chi connectivity index (χ3v) is 9.70. The summed E-state index contributed by atoms with van der Waals surface area (Å²) >= 11 is -0.0164. The molecule has 0 bridgehead atoms. The van der Waals surface area contributed by atoms with Crippen LogP contribution in [0.5, 0.6) is 0 Å². The van der Waals surface area contributed by atoms with E-state index in [0.717, 1.165) is 0 Å². The molecule has 48 heavy (non-hydrogen) atoms. The Morgan fingerprint density at radius 1 is 0.500 bits per heavy atom. The highest BCUT2D eigenvalue weighted by molar-refractivity contribution is 7.86. The van der Waals surface area contributed by atoms with Crippen LogP contribution in [0, 0.1) is 7.14 Å². The Morgan fingerprint density at radius 3 is 1.02 bits per heavy atom. The summed E-state index contributed by atoms with van der Waals surface area (Å²) < 4.78 is 247. The van der Waals surface area contributed by atoms with Crippen molar-refractivity contribution in [3.63, 3.8) is 0 Å². The fourth-order valence-electron chi connectivity index (χ4n) is 3.44. The number of rotatable bonds is 13. The van der Waals surface area contributed by atoms with Gasteiger partial charge in [0, 0.05) is 0 Å². The fraction of sp³-hybridized carbons (Fsp3) is 0.538. The van der Waals surface area contributed by atoms with Crippen LogP contribution in [-0.2, 0) is 23.0 Å². The van der Waals surface area contributed by atoms with Crippen LogP contribution in [0.25, 0.3) is 0 Å². The highest BCUT2D eigenvalue weighted by atomic mass is 127. The van der Waals surface area contributed by atoms with E-state index in [1.54, 1.807) is 0 Å². The van der Waals surface area contributed by atoms with Gasteiger partial charge in [-0.2, -0.15) is 74.6 Å². The molecule has 2 aromatic carbocycles. The lowest BCUT2D eigenvalue weighted by atomic mass is 9.91. The molecule has 0 N–H and O–H groups in total. The van der Waals surface area contributed by atoms with Crippen molar-refractivity contribution in [2.75, 3.05) is 0 Å². The molecule has 276 valence electrons. The van der Waals surface area contributed by atoms with Crippen molar-refractivity contribution < 1.29 is 109 Å². The van der Waals surface area contributed by atoms with Gasteiger partial charge in [-0.05, 0) is 48.2 Å². The van der Waals surface area contributed by atoms with Crippen molar-refractivity contribution in [2.45, 2.75) is 86.5 Å². The fourth-order valence-corrected chi connectivity index (χ4v) is 6.04. The van der Waals surface area contributed by atoms with Crippen molar-refractivity contribution in [3.05, 3.63) is 66.8 Å². The molecule has 0 atom stereocenters. The van der Waals surface area contributed by atoms with Gasteiger partial charge < -0.3 is 4.55 Å². The molecule has 0 saturated carbocycles. The Morgan fingerprint density at radius 2 is 0.771 bits per heavy atom. The molecule has 2 aromatic rings. The predicted octanol–water partition coefficient (Wildman–Crippen LogP) is 6.22. The third-order valence-electron chi connectivity index (χ3n) is 6.13. The Hall–Kier alpha value is -2.11. The first-order valence-electron chi connectivity index (χ1n) is 12.8. The SMILES string of the molecule is CCCc1ccc([I+]c2ccc(CCC)cc2)cc1.O=S(=O)([O-])C(F)(F)C(F)(F)C(F)(F)C(F)(F)C(F)(F)C(F)(F)C(F)(F)C(F)(F)F.